The second kappa shape index (κ2) is 4.59. The Labute approximate surface area is 117 Å². The van der Waals surface area contributed by atoms with Crippen LogP contribution in [0.1, 0.15) is 21.7 Å². The number of carbonyl (C=O) groups is 1. The molecule has 5 nitrogen and oxygen atoms in total. The summed E-state index contributed by atoms with van der Waals surface area (Å²) in [6.45, 7) is 4.13. The standard InChI is InChI=1S/C15H16N2O3/c1-9-6-12(10(2)17(9)3)15(18)16-11-4-5-13-14(7-11)20-8-19-13/h4-7H,8H2,1-3H3,(H,16,18). The molecule has 0 aliphatic carbocycles. The summed E-state index contributed by atoms with van der Waals surface area (Å²) in [4.78, 5) is 12.3. The Hall–Kier alpha value is -2.43. The van der Waals surface area contributed by atoms with Crippen molar-refractivity contribution >= 4 is 11.6 Å². The number of ether oxygens (including phenoxy) is 2. The van der Waals surface area contributed by atoms with Crippen LogP contribution in [0.3, 0.4) is 0 Å². The molecule has 5 heteroatoms. The van der Waals surface area contributed by atoms with E-state index in [2.05, 4.69) is 5.32 Å². The molecule has 3 rings (SSSR count). The number of fused-ring (bicyclic) bond motifs is 1. The van der Waals surface area contributed by atoms with Gasteiger partial charge in [0.15, 0.2) is 11.5 Å². The fourth-order valence-electron chi connectivity index (χ4n) is 2.26. The van der Waals surface area contributed by atoms with Crippen molar-refractivity contribution in [1.29, 1.82) is 0 Å². The fourth-order valence-corrected chi connectivity index (χ4v) is 2.26. The van der Waals surface area contributed by atoms with Crippen LogP contribution in [0.15, 0.2) is 24.3 Å². The average Bonchev–Trinajstić information content (AvgIpc) is 2.98. The third-order valence-electron chi connectivity index (χ3n) is 3.65. The highest BCUT2D eigenvalue weighted by molar-refractivity contribution is 6.05. The predicted molar refractivity (Wildman–Crippen MR) is 75.4 cm³/mol. The summed E-state index contributed by atoms with van der Waals surface area (Å²) >= 11 is 0. The van der Waals surface area contributed by atoms with Gasteiger partial charge >= 0.3 is 0 Å². The van der Waals surface area contributed by atoms with E-state index in [1.54, 1.807) is 18.2 Å². The summed E-state index contributed by atoms with van der Waals surface area (Å²) in [5, 5.41) is 2.88. The van der Waals surface area contributed by atoms with Crippen LogP contribution in [0, 0.1) is 13.8 Å². The van der Waals surface area contributed by atoms with Crippen molar-refractivity contribution in [2.75, 3.05) is 12.1 Å². The molecule has 0 spiro atoms. The molecule has 1 amide bonds. The van der Waals surface area contributed by atoms with Crippen molar-refractivity contribution in [3.8, 4) is 11.5 Å². The monoisotopic (exact) mass is 272 g/mol. The molecule has 1 aliphatic heterocycles. The topological polar surface area (TPSA) is 52.5 Å². The Morgan fingerprint density at radius 1 is 1.20 bits per heavy atom. The van der Waals surface area contributed by atoms with E-state index in [9.17, 15) is 4.79 Å². The van der Waals surface area contributed by atoms with Crippen LogP contribution in [0.4, 0.5) is 5.69 Å². The number of hydrogen-bond acceptors (Lipinski definition) is 3. The number of nitrogens with zero attached hydrogens (tertiary/aromatic N) is 1. The average molecular weight is 272 g/mol. The Kier molecular flexibility index (Phi) is 2.89. The molecule has 104 valence electrons. The van der Waals surface area contributed by atoms with Gasteiger partial charge in [0, 0.05) is 30.2 Å². The highest BCUT2D eigenvalue weighted by Crippen LogP contribution is 2.34. The van der Waals surface area contributed by atoms with E-state index in [1.807, 2.05) is 31.5 Å². The summed E-state index contributed by atoms with van der Waals surface area (Å²) < 4.78 is 12.5. The lowest BCUT2D eigenvalue weighted by Gasteiger charge is -2.06. The van der Waals surface area contributed by atoms with E-state index in [1.165, 1.54) is 0 Å². The summed E-state index contributed by atoms with van der Waals surface area (Å²) in [6, 6.07) is 7.25. The smallest absolute Gasteiger partial charge is 0.257 e. The first kappa shape index (κ1) is 12.6. The molecule has 0 saturated carbocycles. The third kappa shape index (κ3) is 2.01. The van der Waals surface area contributed by atoms with Gasteiger partial charge in [0.05, 0.1) is 5.56 Å². The Bertz CT molecular complexity index is 689. The quantitative estimate of drug-likeness (QED) is 0.914. The molecule has 20 heavy (non-hydrogen) atoms. The fraction of sp³-hybridized carbons (Fsp3) is 0.267. The number of hydrogen-bond donors (Lipinski definition) is 1. The van der Waals surface area contributed by atoms with Crippen LogP contribution in [0.5, 0.6) is 11.5 Å². The molecular formula is C15H16N2O3. The first-order chi connectivity index (χ1) is 9.56. The van der Waals surface area contributed by atoms with Gasteiger partial charge in [-0.1, -0.05) is 0 Å². The molecular weight excluding hydrogens is 256 g/mol. The minimum atomic E-state index is -0.120. The second-order valence-corrected chi connectivity index (χ2v) is 4.87. The van der Waals surface area contributed by atoms with Gasteiger partial charge in [-0.25, -0.2) is 0 Å². The van der Waals surface area contributed by atoms with Gasteiger partial charge in [0.1, 0.15) is 0 Å². The molecule has 0 radical (unpaired) electrons. The zero-order valence-electron chi connectivity index (χ0n) is 11.7. The lowest BCUT2D eigenvalue weighted by Crippen LogP contribution is -2.12. The SMILES string of the molecule is Cc1cc(C(=O)Nc2ccc3c(c2)OCO3)c(C)n1C. The molecule has 0 saturated heterocycles. The molecule has 0 fully saturated rings. The van der Waals surface area contributed by atoms with Gasteiger partial charge in [-0.3, -0.25) is 4.79 Å². The van der Waals surface area contributed by atoms with Crippen LogP contribution >= 0.6 is 0 Å². The van der Waals surface area contributed by atoms with Gasteiger partial charge < -0.3 is 19.4 Å². The number of benzene rings is 1. The molecule has 0 bridgehead atoms. The summed E-state index contributed by atoms with van der Waals surface area (Å²) in [6.07, 6.45) is 0. The maximum atomic E-state index is 12.3. The maximum Gasteiger partial charge on any atom is 0.257 e. The molecule has 0 unspecified atom stereocenters. The first-order valence-corrected chi connectivity index (χ1v) is 6.40. The summed E-state index contributed by atoms with van der Waals surface area (Å²) in [7, 11) is 1.95. The zero-order valence-corrected chi connectivity index (χ0v) is 11.7. The number of aryl methyl sites for hydroxylation is 1. The van der Waals surface area contributed by atoms with Crippen LogP contribution in [0.25, 0.3) is 0 Å². The highest BCUT2D eigenvalue weighted by atomic mass is 16.7. The van der Waals surface area contributed by atoms with E-state index >= 15 is 0 Å². The van der Waals surface area contributed by atoms with Gasteiger partial charge in [-0.15, -0.1) is 0 Å². The van der Waals surface area contributed by atoms with Gasteiger partial charge in [-0.05, 0) is 32.0 Å². The maximum absolute atomic E-state index is 12.3. The summed E-state index contributed by atoms with van der Waals surface area (Å²) in [5.41, 5.74) is 3.38. The summed E-state index contributed by atoms with van der Waals surface area (Å²) in [5.74, 6) is 1.24. The highest BCUT2D eigenvalue weighted by Gasteiger charge is 2.17. The van der Waals surface area contributed by atoms with E-state index in [-0.39, 0.29) is 12.7 Å². The molecule has 0 atom stereocenters. The molecule has 1 aromatic carbocycles. The number of rotatable bonds is 2. The largest absolute Gasteiger partial charge is 0.454 e. The van der Waals surface area contributed by atoms with Crippen LogP contribution in [0.2, 0.25) is 0 Å². The van der Waals surface area contributed by atoms with Gasteiger partial charge in [-0.2, -0.15) is 0 Å². The third-order valence-corrected chi connectivity index (χ3v) is 3.65. The van der Waals surface area contributed by atoms with Crippen LogP contribution in [-0.4, -0.2) is 17.3 Å². The van der Waals surface area contributed by atoms with Gasteiger partial charge in [0.25, 0.3) is 5.91 Å². The number of nitrogens with one attached hydrogen (secondary N) is 1. The number of amides is 1. The number of anilines is 1. The van der Waals surface area contributed by atoms with Crippen LogP contribution in [-0.2, 0) is 7.05 Å². The zero-order chi connectivity index (χ0) is 14.3. The van der Waals surface area contributed by atoms with Crippen molar-refractivity contribution in [2.24, 2.45) is 7.05 Å². The van der Waals surface area contributed by atoms with Crippen molar-refractivity contribution in [3.63, 3.8) is 0 Å². The van der Waals surface area contributed by atoms with E-state index in [0.29, 0.717) is 22.7 Å². The number of carbonyl (C=O) groups excluding carboxylic acids is 1. The van der Waals surface area contributed by atoms with Crippen molar-refractivity contribution in [3.05, 3.63) is 41.2 Å². The van der Waals surface area contributed by atoms with Crippen LogP contribution < -0.4 is 14.8 Å². The van der Waals surface area contributed by atoms with E-state index < -0.39 is 0 Å². The Morgan fingerprint density at radius 2 is 1.95 bits per heavy atom. The molecule has 2 aromatic rings. The second-order valence-electron chi connectivity index (χ2n) is 4.87. The molecule has 1 aliphatic rings. The minimum Gasteiger partial charge on any atom is -0.454 e. The van der Waals surface area contributed by atoms with E-state index in [0.717, 1.165) is 11.4 Å². The van der Waals surface area contributed by atoms with Crippen molar-refractivity contribution in [2.45, 2.75) is 13.8 Å². The van der Waals surface area contributed by atoms with Gasteiger partial charge in [0.2, 0.25) is 6.79 Å². The van der Waals surface area contributed by atoms with E-state index in [4.69, 9.17) is 9.47 Å². The Balaban J connectivity index is 1.84. The normalized spacial score (nSPS) is 12.6. The lowest BCUT2D eigenvalue weighted by atomic mass is 10.2. The first-order valence-electron chi connectivity index (χ1n) is 6.40. The Morgan fingerprint density at radius 3 is 2.65 bits per heavy atom. The predicted octanol–water partition coefficient (Wildman–Crippen LogP) is 2.62. The number of aromatic nitrogens is 1. The van der Waals surface area contributed by atoms with Crippen molar-refractivity contribution in [1.82, 2.24) is 4.57 Å². The molecule has 1 N–H and O–H groups in total. The molecule has 2 heterocycles. The lowest BCUT2D eigenvalue weighted by molar-refractivity contribution is 0.102. The molecule has 1 aromatic heterocycles. The van der Waals surface area contributed by atoms with Crippen molar-refractivity contribution < 1.29 is 14.3 Å². The minimum absolute atomic E-state index is 0.120.